The highest BCUT2D eigenvalue weighted by atomic mass is 35.5. The van der Waals surface area contributed by atoms with Crippen molar-refractivity contribution in [3.8, 4) is 5.75 Å². The summed E-state index contributed by atoms with van der Waals surface area (Å²) in [5.41, 5.74) is 0.884. The van der Waals surface area contributed by atoms with Crippen LogP contribution in [0.5, 0.6) is 5.75 Å². The van der Waals surface area contributed by atoms with Gasteiger partial charge in [0.2, 0.25) is 5.91 Å². The minimum atomic E-state index is -0.914. The summed E-state index contributed by atoms with van der Waals surface area (Å²) in [7, 11) is 0. The van der Waals surface area contributed by atoms with Crippen molar-refractivity contribution in [2.75, 3.05) is 19.7 Å². The number of ether oxygens (including phenoxy) is 1. The Hall–Kier alpha value is -1.78. The van der Waals surface area contributed by atoms with E-state index in [1.807, 2.05) is 25.1 Å². The van der Waals surface area contributed by atoms with Crippen LogP contribution in [0.1, 0.15) is 26.3 Å². The van der Waals surface area contributed by atoms with Gasteiger partial charge in [-0.3, -0.25) is 4.79 Å². The van der Waals surface area contributed by atoms with Gasteiger partial charge in [-0.15, -0.1) is 0 Å². The van der Waals surface area contributed by atoms with Gasteiger partial charge in [0.05, 0.1) is 5.60 Å². The zero-order chi connectivity index (χ0) is 17.0. The summed E-state index contributed by atoms with van der Waals surface area (Å²) in [6, 6.07) is 5.45. The third-order valence-corrected chi connectivity index (χ3v) is 3.65. The van der Waals surface area contributed by atoms with Crippen LogP contribution in [0.3, 0.4) is 0 Å². The smallest absolute Gasteiger partial charge is 0.246 e. The molecule has 0 fully saturated rings. The van der Waals surface area contributed by atoms with Crippen molar-refractivity contribution in [3.05, 3.63) is 46.5 Å². The van der Waals surface area contributed by atoms with Crippen LogP contribution < -0.4 is 4.74 Å². The number of carbonyl (C=O) groups excluding carboxylic acids is 1. The van der Waals surface area contributed by atoms with Crippen LogP contribution in [0.15, 0.2) is 35.9 Å². The van der Waals surface area contributed by atoms with Crippen LogP contribution in [0.2, 0.25) is 5.02 Å². The minimum absolute atomic E-state index is 0.132. The fraction of sp³-hybridized carbons (Fsp3) is 0.389. The number of hydrogen-bond donors (Lipinski definition) is 1. The molecule has 0 spiro atoms. The summed E-state index contributed by atoms with van der Waals surface area (Å²) < 4.78 is 5.65. The van der Waals surface area contributed by atoms with Crippen LogP contribution in [-0.4, -0.2) is 41.2 Å². The first kappa shape index (κ1) is 17.6. The first-order valence-electron chi connectivity index (χ1n) is 7.61. The summed E-state index contributed by atoms with van der Waals surface area (Å²) in [5.74, 6) is 0.655. The molecule has 0 aliphatic carbocycles. The summed E-state index contributed by atoms with van der Waals surface area (Å²) >= 11 is 5.99. The third kappa shape index (κ3) is 5.12. The zero-order valence-electron chi connectivity index (χ0n) is 13.7. The molecule has 1 aliphatic rings. The molecular formula is C18H22ClNO3. The van der Waals surface area contributed by atoms with E-state index in [1.54, 1.807) is 30.9 Å². The van der Waals surface area contributed by atoms with Crippen LogP contribution in [-0.2, 0) is 4.79 Å². The van der Waals surface area contributed by atoms with E-state index in [9.17, 15) is 9.90 Å². The van der Waals surface area contributed by atoms with Gasteiger partial charge >= 0.3 is 0 Å². The van der Waals surface area contributed by atoms with Gasteiger partial charge in [0.1, 0.15) is 12.4 Å². The number of halogens is 1. The van der Waals surface area contributed by atoms with Crippen LogP contribution in [0.4, 0.5) is 0 Å². The molecule has 0 saturated heterocycles. The predicted molar refractivity (Wildman–Crippen MR) is 92.6 cm³/mol. The monoisotopic (exact) mass is 335 g/mol. The maximum atomic E-state index is 12.2. The molecule has 1 N–H and O–H groups in total. The van der Waals surface area contributed by atoms with Gasteiger partial charge in [0.25, 0.3) is 0 Å². The summed E-state index contributed by atoms with van der Waals surface area (Å²) in [5, 5.41) is 10.5. The summed E-state index contributed by atoms with van der Waals surface area (Å²) in [6.07, 6.45) is 5.22. The lowest BCUT2D eigenvalue weighted by molar-refractivity contribution is -0.128. The third-order valence-electron chi connectivity index (χ3n) is 3.42. The molecule has 2 rings (SSSR count). The van der Waals surface area contributed by atoms with Gasteiger partial charge in [-0.05, 0) is 50.6 Å². The number of aliphatic hydroxyl groups is 1. The van der Waals surface area contributed by atoms with Crippen LogP contribution in [0.25, 0.3) is 6.08 Å². The molecule has 5 heteroatoms. The fourth-order valence-corrected chi connectivity index (χ4v) is 2.54. The first-order valence-corrected chi connectivity index (χ1v) is 7.98. The van der Waals surface area contributed by atoms with Crippen molar-refractivity contribution in [1.29, 1.82) is 0 Å². The molecule has 4 nitrogen and oxygen atoms in total. The Kier molecular flexibility index (Phi) is 5.50. The summed E-state index contributed by atoms with van der Waals surface area (Å²) in [4.78, 5) is 13.8. The van der Waals surface area contributed by atoms with Crippen molar-refractivity contribution >= 4 is 23.6 Å². The van der Waals surface area contributed by atoms with E-state index >= 15 is 0 Å². The van der Waals surface area contributed by atoms with Gasteiger partial charge in [-0.1, -0.05) is 17.7 Å². The number of likely N-dealkylation sites (N-methyl/N-ethyl adjacent to an activating group) is 1. The van der Waals surface area contributed by atoms with Crippen molar-refractivity contribution in [1.82, 2.24) is 4.90 Å². The number of hydrogen-bond acceptors (Lipinski definition) is 3. The molecule has 1 amide bonds. The Morgan fingerprint density at radius 3 is 2.87 bits per heavy atom. The topological polar surface area (TPSA) is 49.8 Å². The van der Waals surface area contributed by atoms with E-state index in [1.165, 1.54) is 6.08 Å². The normalized spacial score (nSPS) is 14.2. The maximum Gasteiger partial charge on any atom is 0.246 e. The Morgan fingerprint density at radius 1 is 1.48 bits per heavy atom. The van der Waals surface area contributed by atoms with Gasteiger partial charge in [-0.2, -0.15) is 0 Å². The number of carbonyl (C=O) groups is 1. The Morgan fingerprint density at radius 2 is 2.22 bits per heavy atom. The highest BCUT2D eigenvalue weighted by molar-refractivity contribution is 6.30. The standard InChI is InChI=1S/C18H22ClNO3/c1-4-20(12-18(2,3)22)17(21)8-5-13-9-14-10-15(19)6-7-16(14)23-11-13/h5-10,22H,4,11-12H2,1-3H3/b8-5+. The number of fused-ring (bicyclic) bond motifs is 1. The molecule has 0 bridgehead atoms. The second-order valence-corrected chi connectivity index (χ2v) is 6.62. The van der Waals surface area contributed by atoms with Gasteiger partial charge in [-0.25, -0.2) is 0 Å². The van der Waals surface area contributed by atoms with E-state index in [0.717, 1.165) is 16.9 Å². The minimum Gasteiger partial charge on any atom is -0.488 e. The lowest BCUT2D eigenvalue weighted by Crippen LogP contribution is -2.41. The van der Waals surface area contributed by atoms with E-state index in [2.05, 4.69) is 0 Å². The quantitative estimate of drug-likeness (QED) is 0.840. The van der Waals surface area contributed by atoms with Crippen molar-refractivity contribution in [2.45, 2.75) is 26.4 Å². The van der Waals surface area contributed by atoms with E-state index in [4.69, 9.17) is 16.3 Å². The maximum absolute atomic E-state index is 12.2. The van der Waals surface area contributed by atoms with E-state index in [-0.39, 0.29) is 5.91 Å². The molecular weight excluding hydrogens is 314 g/mol. The highest BCUT2D eigenvalue weighted by Crippen LogP contribution is 2.29. The molecule has 0 radical (unpaired) electrons. The largest absolute Gasteiger partial charge is 0.488 e. The average molecular weight is 336 g/mol. The molecule has 1 heterocycles. The predicted octanol–water partition coefficient (Wildman–Crippen LogP) is 3.29. The average Bonchev–Trinajstić information content (AvgIpc) is 2.48. The number of benzene rings is 1. The molecule has 0 aromatic heterocycles. The number of amides is 1. The molecule has 0 unspecified atom stereocenters. The Bertz CT molecular complexity index is 644. The molecule has 0 atom stereocenters. The molecule has 0 saturated carbocycles. The van der Waals surface area contributed by atoms with Crippen LogP contribution in [0, 0.1) is 0 Å². The second kappa shape index (κ2) is 7.20. The van der Waals surface area contributed by atoms with Crippen LogP contribution >= 0.6 is 11.6 Å². The number of nitrogens with zero attached hydrogens (tertiary/aromatic N) is 1. The molecule has 1 aromatic rings. The lowest BCUT2D eigenvalue weighted by atomic mass is 10.1. The van der Waals surface area contributed by atoms with E-state index in [0.29, 0.717) is 24.7 Å². The van der Waals surface area contributed by atoms with Crippen molar-refractivity contribution in [3.63, 3.8) is 0 Å². The van der Waals surface area contributed by atoms with Gasteiger partial charge in [0, 0.05) is 29.8 Å². The van der Waals surface area contributed by atoms with E-state index < -0.39 is 5.60 Å². The first-order chi connectivity index (χ1) is 10.8. The van der Waals surface area contributed by atoms with Gasteiger partial charge < -0.3 is 14.7 Å². The lowest BCUT2D eigenvalue weighted by Gasteiger charge is -2.27. The molecule has 1 aromatic carbocycles. The Labute approximate surface area is 142 Å². The zero-order valence-corrected chi connectivity index (χ0v) is 14.4. The molecule has 23 heavy (non-hydrogen) atoms. The highest BCUT2D eigenvalue weighted by Gasteiger charge is 2.20. The van der Waals surface area contributed by atoms with Crippen molar-refractivity contribution in [2.24, 2.45) is 0 Å². The molecule has 124 valence electrons. The number of rotatable bonds is 5. The Balaban J connectivity index is 2.09. The second-order valence-electron chi connectivity index (χ2n) is 6.19. The van der Waals surface area contributed by atoms with Crippen molar-refractivity contribution < 1.29 is 14.6 Å². The summed E-state index contributed by atoms with van der Waals surface area (Å²) in [6.45, 7) is 6.51. The van der Waals surface area contributed by atoms with Gasteiger partial charge in [0.15, 0.2) is 0 Å². The SMILES string of the molecule is CCN(CC(C)(C)O)C(=O)/C=C/C1=Cc2cc(Cl)ccc2OC1. The fourth-order valence-electron chi connectivity index (χ4n) is 2.36. The molecule has 1 aliphatic heterocycles.